The number of carbonyl (C=O) groups excluding carboxylic acids is 2. The predicted octanol–water partition coefficient (Wildman–Crippen LogP) is 2.26. The molecule has 2 aromatic carbocycles. The summed E-state index contributed by atoms with van der Waals surface area (Å²) in [6, 6.07) is 11.6. The van der Waals surface area contributed by atoms with Crippen LogP contribution in [0.25, 0.3) is 0 Å². The number of amides is 1. The van der Waals surface area contributed by atoms with E-state index >= 15 is 0 Å². The molecule has 0 atom stereocenters. The van der Waals surface area contributed by atoms with Gasteiger partial charge in [0.1, 0.15) is 19.0 Å². The number of rotatable bonds is 5. The van der Waals surface area contributed by atoms with Crippen LogP contribution < -0.4 is 19.5 Å². The fourth-order valence-corrected chi connectivity index (χ4v) is 2.30. The summed E-state index contributed by atoms with van der Waals surface area (Å²) in [5.41, 5.74) is 0.938. The molecule has 0 saturated heterocycles. The molecular weight excluding hydrogens is 326 g/mol. The minimum atomic E-state index is -0.467. The van der Waals surface area contributed by atoms with Crippen molar-refractivity contribution in [3.05, 3.63) is 48.0 Å². The SMILES string of the molecule is COC(=O)c1cccc(OCC(=O)Nc2ccc3c(c2)OCCO3)c1. The second-order valence-electron chi connectivity index (χ2n) is 5.21. The molecule has 25 heavy (non-hydrogen) atoms. The standard InChI is InChI=1S/C18H17NO6/c1-22-18(21)12-3-2-4-14(9-12)25-11-17(20)19-13-5-6-15-16(10-13)24-8-7-23-15/h2-6,9-10H,7-8,11H2,1H3,(H,19,20). The highest BCUT2D eigenvalue weighted by atomic mass is 16.6. The van der Waals surface area contributed by atoms with E-state index in [0.717, 1.165) is 0 Å². The van der Waals surface area contributed by atoms with Crippen molar-refractivity contribution >= 4 is 17.6 Å². The van der Waals surface area contributed by atoms with Crippen LogP contribution in [0.3, 0.4) is 0 Å². The van der Waals surface area contributed by atoms with Gasteiger partial charge in [-0.15, -0.1) is 0 Å². The molecule has 2 aromatic rings. The third-order valence-electron chi connectivity index (χ3n) is 3.45. The van der Waals surface area contributed by atoms with Crippen molar-refractivity contribution in [3.8, 4) is 17.2 Å². The summed E-state index contributed by atoms with van der Waals surface area (Å²) in [6.07, 6.45) is 0. The van der Waals surface area contributed by atoms with Crippen molar-refractivity contribution in [2.45, 2.75) is 0 Å². The van der Waals surface area contributed by atoms with Crippen LogP contribution in [0, 0.1) is 0 Å². The summed E-state index contributed by atoms with van der Waals surface area (Å²) < 4.78 is 21.0. The van der Waals surface area contributed by atoms with Gasteiger partial charge in [-0.2, -0.15) is 0 Å². The molecule has 0 unspecified atom stereocenters. The number of benzene rings is 2. The van der Waals surface area contributed by atoms with E-state index in [9.17, 15) is 9.59 Å². The number of esters is 1. The predicted molar refractivity (Wildman–Crippen MR) is 89.3 cm³/mol. The third-order valence-corrected chi connectivity index (χ3v) is 3.45. The van der Waals surface area contributed by atoms with Crippen molar-refractivity contribution < 1.29 is 28.5 Å². The lowest BCUT2D eigenvalue weighted by Gasteiger charge is -2.19. The van der Waals surface area contributed by atoms with Gasteiger partial charge in [-0.1, -0.05) is 6.07 Å². The Bertz CT molecular complexity index is 789. The van der Waals surface area contributed by atoms with Gasteiger partial charge < -0.3 is 24.3 Å². The monoisotopic (exact) mass is 343 g/mol. The van der Waals surface area contributed by atoms with Gasteiger partial charge >= 0.3 is 5.97 Å². The van der Waals surface area contributed by atoms with E-state index < -0.39 is 5.97 Å². The van der Waals surface area contributed by atoms with Crippen LogP contribution in [0.4, 0.5) is 5.69 Å². The molecular formula is C18H17NO6. The van der Waals surface area contributed by atoms with Crippen LogP contribution in [0.1, 0.15) is 10.4 Å². The third kappa shape index (κ3) is 4.20. The highest BCUT2D eigenvalue weighted by molar-refractivity contribution is 5.92. The molecule has 1 N–H and O–H groups in total. The number of nitrogens with one attached hydrogen (secondary N) is 1. The zero-order chi connectivity index (χ0) is 17.6. The van der Waals surface area contributed by atoms with E-state index in [0.29, 0.717) is 41.7 Å². The van der Waals surface area contributed by atoms with Crippen molar-refractivity contribution in [2.24, 2.45) is 0 Å². The lowest BCUT2D eigenvalue weighted by Crippen LogP contribution is -2.21. The maximum Gasteiger partial charge on any atom is 0.337 e. The molecule has 1 aliphatic heterocycles. The first-order valence-corrected chi connectivity index (χ1v) is 7.66. The molecule has 0 aliphatic carbocycles. The summed E-state index contributed by atoms with van der Waals surface area (Å²) in [4.78, 5) is 23.5. The molecule has 0 aromatic heterocycles. The lowest BCUT2D eigenvalue weighted by molar-refractivity contribution is -0.118. The van der Waals surface area contributed by atoms with Crippen molar-refractivity contribution in [1.82, 2.24) is 0 Å². The normalized spacial score (nSPS) is 12.2. The summed E-state index contributed by atoms with van der Waals surface area (Å²) >= 11 is 0. The molecule has 0 radical (unpaired) electrons. The number of methoxy groups -OCH3 is 1. The molecule has 7 nitrogen and oxygen atoms in total. The minimum Gasteiger partial charge on any atom is -0.486 e. The van der Waals surface area contributed by atoms with Crippen molar-refractivity contribution in [2.75, 3.05) is 32.2 Å². The van der Waals surface area contributed by atoms with E-state index in [1.54, 1.807) is 36.4 Å². The highest BCUT2D eigenvalue weighted by Crippen LogP contribution is 2.32. The fourth-order valence-electron chi connectivity index (χ4n) is 2.30. The Morgan fingerprint density at radius 3 is 2.68 bits per heavy atom. The topological polar surface area (TPSA) is 83.1 Å². The van der Waals surface area contributed by atoms with Crippen molar-refractivity contribution in [3.63, 3.8) is 0 Å². The number of ether oxygens (including phenoxy) is 4. The lowest BCUT2D eigenvalue weighted by atomic mass is 10.2. The number of hydrogen-bond donors (Lipinski definition) is 1. The Kier molecular flexibility index (Phi) is 5.03. The second-order valence-corrected chi connectivity index (χ2v) is 5.21. The average Bonchev–Trinajstić information content (AvgIpc) is 2.66. The fraction of sp³-hybridized carbons (Fsp3) is 0.222. The highest BCUT2D eigenvalue weighted by Gasteiger charge is 2.13. The Labute approximate surface area is 144 Å². The Morgan fingerprint density at radius 1 is 1.08 bits per heavy atom. The maximum absolute atomic E-state index is 12.0. The van der Waals surface area contributed by atoms with Gasteiger partial charge in [-0.3, -0.25) is 4.79 Å². The van der Waals surface area contributed by atoms with Gasteiger partial charge in [0.05, 0.1) is 12.7 Å². The van der Waals surface area contributed by atoms with Gasteiger partial charge in [0.15, 0.2) is 18.1 Å². The zero-order valence-electron chi connectivity index (χ0n) is 13.6. The Morgan fingerprint density at radius 2 is 1.88 bits per heavy atom. The average molecular weight is 343 g/mol. The molecule has 1 amide bonds. The van der Waals surface area contributed by atoms with Gasteiger partial charge in [-0.05, 0) is 30.3 Å². The largest absolute Gasteiger partial charge is 0.486 e. The van der Waals surface area contributed by atoms with Gasteiger partial charge in [0.25, 0.3) is 5.91 Å². The number of fused-ring (bicyclic) bond motifs is 1. The number of anilines is 1. The van der Waals surface area contributed by atoms with E-state index in [2.05, 4.69) is 10.1 Å². The van der Waals surface area contributed by atoms with Crippen LogP contribution in [-0.2, 0) is 9.53 Å². The second kappa shape index (κ2) is 7.57. The first-order chi connectivity index (χ1) is 12.2. The zero-order valence-corrected chi connectivity index (χ0v) is 13.6. The van der Waals surface area contributed by atoms with Crippen LogP contribution in [0.5, 0.6) is 17.2 Å². The maximum atomic E-state index is 12.0. The van der Waals surface area contributed by atoms with Crippen LogP contribution >= 0.6 is 0 Å². The quantitative estimate of drug-likeness (QED) is 0.839. The molecule has 0 fully saturated rings. The first-order valence-electron chi connectivity index (χ1n) is 7.66. The van der Waals surface area contributed by atoms with Crippen LogP contribution in [0.15, 0.2) is 42.5 Å². The molecule has 0 saturated carbocycles. The van der Waals surface area contributed by atoms with Gasteiger partial charge in [-0.25, -0.2) is 4.79 Å². The number of carbonyl (C=O) groups is 2. The number of hydrogen-bond acceptors (Lipinski definition) is 6. The van der Waals surface area contributed by atoms with E-state index in [4.69, 9.17) is 14.2 Å². The molecule has 7 heteroatoms. The van der Waals surface area contributed by atoms with Gasteiger partial charge in [0.2, 0.25) is 0 Å². The molecule has 1 aliphatic rings. The van der Waals surface area contributed by atoms with E-state index in [-0.39, 0.29) is 12.5 Å². The molecule has 1 heterocycles. The molecule has 0 bridgehead atoms. The summed E-state index contributed by atoms with van der Waals surface area (Å²) in [5.74, 6) is 0.849. The Balaban J connectivity index is 1.57. The van der Waals surface area contributed by atoms with Crippen LogP contribution in [-0.4, -0.2) is 38.8 Å². The summed E-state index contributed by atoms with van der Waals surface area (Å²) in [6.45, 7) is 0.792. The minimum absolute atomic E-state index is 0.195. The smallest absolute Gasteiger partial charge is 0.337 e. The molecule has 0 spiro atoms. The van der Waals surface area contributed by atoms with Crippen molar-refractivity contribution in [1.29, 1.82) is 0 Å². The first kappa shape index (κ1) is 16.6. The summed E-state index contributed by atoms with van der Waals surface area (Å²) in [5, 5.41) is 2.72. The van der Waals surface area contributed by atoms with Crippen LogP contribution in [0.2, 0.25) is 0 Å². The summed E-state index contributed by atoms with van der Waals surface area (Å²) in [7, 11) is 1.30. The molecule has 130 valence electrons. The Hall–Kier alpha value is -3.22. The van der Waals surface area contributed by atoms with Gasteiger partial charge in [0, 0.05) is 11.8 Å². The van der Waals surface area contributed by atoms with E-state index in [1.807, 2.05) is 0 Å². The molecule has 3 rings (SSSR count). The van der Waals surface area contributed by atoms with E-state index in [1.165, 1.54) is 13.2 Å².